The summed E-state index contributed by atoms with van der Waals surface area (Å²) in [5.74, 6) is 0.419. The smallest absolute Gasteiger partial charge is 0.420 e. The molecule has 3 aromatic rings. The van der Waals surface area contributed by atoms with E-state index in [0.717, 1.165) is 29.7 Å². The maximum Gasteiger partial charge on any atom is 0.420 e. The Bertz CT molecular complexity index is 1020. The van der Waals surface area contributed by atoms with E-state index < -0.39 is 0 Å². The van der Waals surface area contributed by atoms with Gasteiger partial charge in [0.1, 0.15) is 5.75 Å². The summed E-state index contributed by atoms with van der Waals surface area (Å²) >= 11 is 0. The average molecular weight is 366 g/mol. The molecule has 0 saturated carbocycles. The third-order valence-corrected chi connectivity index (χ3v) is 5.29. The summed E-state index contributed by atoms with van der Waals surface area (Å²) in [6.07, 6.45) is 1.45. The highest BCUT2D eigenvalue weighted by molar-refractivity contribution is 5.94. The molecule has 1 aromatic heterocycles. The van der Waals surface area contributed by atoms with Crippen LogP contribution in [0.5, 0.6) is 5.75 Å². The van der Waals surface area contributed by atoms with Crippen LogP contribution >= 0.6 is 0 Å². The molecule has 6 nitrogen and oxygen atoms in total. The molecule has 4 rings (SSSR count). The van der Waals surface area contributed by atoms with Crippen LogP contribution in [0.4, 0.5) is 0 Å². The lowest BCUT2D eigenvalue weighted by Gasteiger charge is -2.32. The number of oxazole rings is 1. The maximum atomic E-state index is 12.7. The summed E-state index contributed by atoms with van der Waals surface area (Å²) in [4.78, 5) is 27.0. The number of carbonyl (C=O) groups is 1. The minimum absolute atomic E-state index is 0.0108. The van der Waals surface area contributed by atoms with E-state index in [-0.39, 0.29) is 17.7 Å². The van der Waals surface area contributed by atoms with Crippen LogP contribution in [0.2, 0.25) is 0 Å². The number of piperidine rings is 1. The first-order valence-corrected chi connectivity index (χ1v) is 9.12. The van der Waals surface area contributed by atoms with E-state index >= 15 is 0 Å². The van der Waals surface area contributed by atoms with Crippen LogP contribution in [0, 0.1) is 6.92 Å². The highest BCUT2D eigenvalue weighted by Crippen LogP contribution is 2.28. The predicted octanol–water partition coefficient (Wildman–Crippen LogP) is 3.39. The molecule has 0 atom stereocenters. The number of aromatic nitrogens is 1. The molecule has 1 fully saturated rings. The van der Waals surface area contributed by atoms with Crippen LogP contribution < -0.4 is 10.5 Å². The van der Waals surface area contributed by atoms with Crippen LogP contribution in [-0.4, -0.2) is 35.6 Å². The zero-order valence-electron chi connectivity index (χ0n) is 15.5. The van der Waals surface area contributed by atoms with Crippen molar-refractivity contribution in [1.29, 1.82) is 0 Å². The van der Waals surface area contributed by atoms with Crippen molar-refractivity contribution < 1.29 is 13.9 Å². The second kappa shape index (κ2) is 6.95. The number of ether oxygens (including phenoxy) is 1. The first-order chi connectivity index (χ1) is 13.1. The number of methoxy groups -OCH3 is 1. The van der Waals surface area contributed by atoms with E-state index in [1.165, 1.54) is 0 Å². The van der Waals surface area contributed by atoms with Gasteiger partial charge in [-0.05, 0) is 55.7 Å². The Labute approximate surface area is 157 Å². The van der Waals surface area contributed by atoms with Crippen LogP contribution in [0.3, 0.4) is 0 Å². The Morgan fingerprint density at radius 3 is 2.48 bits per heavy atom. The van der Waals surface area contributed by atoms with E-state index in [1.54, 1.807) is 35.9 Å². The molecule has 6 heteroatoms. The average Bonchev–Trinajstić information content (AvgIpc) is 3.05. The predicted molar refractivity (Wildman–Crippen MR) is 102 cm³/mol. The fraction of sp³-hybridized carbons (Fsp3) is 0.333. The van der Waals surface area contributed by atoms with Gasteiger partial charge in [0.25, 0.3) is 5.91 Å². The quantitative estimate of drug-likeness (QED) is 0.713. The first kappa shape index (κ1) is 17.4. The van der Waals surface area contributed by atoms with Gasteiger partial charge in [0.05, 0.1) is 12.6 Å². The monoisotopic (exact) mass is 366 g/mol. The molecule has 2 aromatic carbocycles. The molecule has 0 aliphatic carbocycles. The molecule has 1 aliphatic heterocycles. The van der Waals surface area contributed by atoms with Crippen molar-refractivity contribution in [3.8, 4) is 5.75 Å². The number of aryl methyl sites for hydroxylation is 1. The van der Waals surface area contributed by atoms with Gasteiger partial charge < -0.3 is 14.1 Å². The Balaban J connectivity index is 1.51. The van der Waals surface area contributed by atoms with Crippen molar-refractivity contribution >= 4 is 17.0 Å². The molecule has 27 heavy (non-hydrogen) atoms. The molecule has 1 aliphatic rings. The highest BCUT2D eigenvalue weighted by atomic mass is 16.5. The van der Waals surface area contributed by atoms with Gasteiger partial charge in [-0.3, -0.25) is 9.36 Å². The summed E-state index contributed by atoms with van der Waals surface area (Å²) in [5.41, 5.74) is 3.16. The standard InChI is InChI=1S/C21H22N2O4/c1-14-4-3-5-18-19(14)23(21(25)27-18)16-10-12-22(13-11-16)20(24)15-6-8-17(26-2)9-7-15/h3-9,16H,10-13H2,1-2H3. The fourth-order valence-corrected chi connectivity index (χ4v) is 3.83. The van der Waals surface area contributed by atoms with Crippen molar-refractivity contribution in [2.45, 2.75) is 25.8 Å². The molecular weight excluding hydrogens is 344 g/mol. The van der Waals surface area contributed by atoms with Crippen molar-refractivity contribution in [2.24, 2.45) is 0 Å². The number of fused-ring (bicyclic) bond motifs is 1. The Morgan fingerprint density at radius 1 is 1.11 bits per heavy atom. The SMILES string of the molecule is COc1ccc(C(=O)N2CCC(n3c(=O)oc4cccc(C)c43)CC2)cc1. The summed E-state index contributed by atoms with van der Waals surface area (Å²) in [6, 6.07) is 12.9. The number of hydrogen-bond acceptors (Lipinski definition) is 4. The number of hydrogen-bond donors (Lipinski definition) is 0. The molecular formula is C21H22N2O4. The van der Waals surface area contributed by atoms with Crippen LogP contribution in [0.15, 0.2) is 51.7 Å². The third kappa shape index (κ3) is 3.12. The second-order valence-electron chi connectivity index (χ2n) is 6.91. The van der Waals surface area contributed by atoms with E-state index in [4.69, 9.17) is 9.15 Å². The number of rotatable bonds is 3. The molecule has 140 valence electrons. The minimum atomic E-state index is -0.320. The van der Waals surface area contributed by atoms with Gasteiger partial charge in [-0.2, -0.15) is 0 Å². The van der Waals surface area contributed by atoms with E-state index in [2.05, 4.69) is 0 Å². The summed E-state index contributed by atoms with van der Waals surface area (Å²) < 4.78 is 12.3. The lowest BCUT2D eigenvalue weighted by atomic mass is 10.0. The minimum Gasteiger partial charge on any atom is -0.497 e. The van der Waals surface area contributed by atoms with Gasteiger partial charge in [0, 0.05) is 24.7 Å². The second-order valence-corrected chi connectivity index (χ2v) is 6.91. The summed E-state index contributed by atoms with van der Waals surface area (Å²) in [5, 5.41) is 0. The van der Waals surface area contributed by atoms with E-state index in [1.807, 2.05) is 30.0 Å². The number of para-hydroxylation sites is 1. The van der Waals surface area contributed by atoms with Crippen LogP contribution in [0.1, 0.15) is 34.8 Å². The summed E-state index contributed by atoms with van der Waals surface area (Å²) in [6.45, 7) is 3.21. The van der Waals surface area contributed by atoms with Crippen molar-refractivity contribution in [3.05, 3.63) is 64.1 Å². The lowest BCUT2D eigenvalue weighted by molar-refractivity contribution is 0.0693. The topological polar surface area (TPSA) is 64.7 Å². The van der Waals surface area contributed by atoms with Crippen LogP contribution in [0.25, 0.3) is 11.1 Å². The van der Waals surface area contributed by atoms with Gasteiger partial charge in [0.15, 0.2) is 5.58 Å². The van der Waals surface area contributed by atoms with Gasteiger partial charge in [-0.15, -0.1) is 0 Å². The molecule has 1 amide bonds. The Morgan fingerprint density at radius 2 is 1.81 bits per heavy atom. The molecule has 0 unspecified atom stereocenters. The largest absolute Gasteiger partial charge is 0.497 e. The lowest BCUT2D eigenvalue weighted by Crippen LogP contribution is -2.40. The number of nitrogens with zero attached hydrogens (tertiary/aromatic N) is 2. The van der Waals surface area contributed by atoms with Gasteiger partial charge in [-0.25, -0.2) is 4.79 Å². The zero-order chi connectivity index (χ0) is 19.0. The Hall–Kier alpha value is -3.02. The zero-order valence-corrected chi connectivity index (χ0v) is 15.5. The van der Waals surface area contributed by atoms with Crippen molar-refractivity contribution in [3.63, 3.8) is 0 Å². The molecule has 0 spiro atoms. The fourth-order valence-electron chi connectivity index (χ4n) is 3.83. The molecule has 1 saturated heterocycles. The van der Waals surface area contributed by atoms with E-state index in [0.29, 0.717) is 24.2 Å². The normalized spacial score (nSPS) is 15.3. The highest BCUT2D eigenvalue weighted by Gasteiger charge is 2.27. The van der Waals surface area contributed by atoms with Crippen LogP contribution in [-0.2, 0) is 0 Å². The number of likely N-dealkylation sites (tertiary alicyclic amines) is 1. The van der Waals surface area contributed by atoms with Gasteiger partial charge in [0.2, 0.25) is 0 Å². The molecule has 0 radical (unpaired) electrons. The number of amides is 1. The summed E-state index contributed by atoms with van der Waals surface area (Å²) in [7, 11) is 1.60. The molecule has 2 heterocycles. The molecule has 0 N–H and O–H groups in total. The molecule has 0 bridgehead atoms. The number of benzene rings is 2. The first-order valence-electron chi connectivity index (χ1n) is 9.12. The van der Waals surface area contributed by atoms with Gasteiger partial charge >= 0.3 is 5.76 Å². The Kier molecular flexibility index (Phi) is 4.48. The van der Waals surface area contributed by atoms with Crippen molar-refractivity contribution in [1.82, 2.24) is 9.47 Å². The van der Waals surface area contributed by atoms with Crippen molar-refractivity contribution in [2.75, 3.05) is 20.2 Å². The third-order valence-electron chi connectivity index (χ3n) is 5.29. The number of carbonyl (C=O) groups excluding carboxylic acids is 1. The van der Waals surface area contributed by atoms with E-state index in [9.17, 15) is 9.59 Å². The van der Waals surface area contributed by atoms with Gasteiger partial charge in [-0.1, -0.05) is 12.1 Å². The maximum absolute atomic E-state index is 12.7.